The third-order valence-corrected chi connectivity index (χ3v) is 6.00. The Bertz CT molecular complexity index is 564. The maximum absolute atomic E-state index is 4.54. The Hall–Kier alpha value is -1.55. The lowest BCUT2D eigenvalue weighted by molar-refractivity contribution is 0.249. The normalized spacial score (nSPS) is 30.8. The molecule has 3 fully saturated rings. The van der Waals surface area contributed by atoms with Crippen LogP contribution in [0, 0.1) is 5.92 Å². The highest BCUT2D eigenvalue weighted by Crippen LogP contribution is 2.46. The second-order valence-electron chi connectivity index (χ2n) is 7.57. The summed E-state index contributed by atoms with van der Waals surface area (Å²) >= 11 is 0. The number of likely N-dealkylation sites (tertiary alicyclic amines) is 2. The van der Waals surface area contributed by atoms with Crippen molar-refractivity contribution in [2.45, 2.75) is 37.6 Å². The van der Waals surface area contributed by atoms with E-state index in [1.807, 2.05) is 7.05 Å². The SMILES string of the molecule is CN=C(NCC1CC1c1ccccc1)N1CCC(N2CCCC2)C1. The number of nitrogens with zero attached hydrogens (tertiary/aromatic N) is 3. The number of nitrogens with one attached hydrogen (secondary N) is 1. The summed E-state index contributed by atoms with van der Waals surface area (Å²) in [5.41, 5.74) is 1.49. The highest BCUT2D eigenvalue weighted by atomic mass is 15.3. The minimum absolute atomic E-state index is 0.740. The van der Waals surface area contributed by atoms with E-state index in [1.165, 1.54) is 44.3 Å². The summed E-state index contributed by atoms with van der Waals surface area (Å²) < 4.78 is 0. The van der Waals surface area contributed by atoms with Gasteiger partial charge in [-0.3, -0.25) is 9.89 Å². The Balaban J connectivity index is 1.25. The third kappa shape index (κ3) is 3.44. The van der Waals surface area contributed by atoms with Crippen molar-refractivity contribution in [1.82, 2.24) is 15.1 Å². The minimum Gasteiger partial charge on any atom is -0.356 e. The number of hydrogen-bond acceptors (Lipinski definition) is 2. The Labute approximate surface area is 145 Å². The molecule has 1 aromatic carbocycles. The number of aliphatic imine (C=N–C) groups is 1. The number of guanidine groups is 1. The molecule has 1 aromatic rings. The van der Waals surface area contributed by atoms with Crippen LogP contribution in [0.1, 0.15) is 37.2 Å². The maximum atomic E-state index is 4.54. The highest BCUT2D eigenvalue weighted by molar-refractivity contribution is 5.80. The molecule has 0 aromatic heterocycles. The summed E-state index contributed by atoms with van der Waals surface area (Å²) in [5.74, 6) is 2.62. The van der Waals surface area contributed by atoms with E-state index in [-0.39, 0.29) is 0 Å². The number of rotatable bonds is 4. The van der Waals surface area contributed by atoms with Gasteiger partial charge in [0.1, 0.15) is 0 Å². The zero-order valence-electron chi connectivity index (χ0n) is 14.8. The van der Waals surface area contributed by atoms with E-state index in [0.29, 0.717) is 0 Å². The molecular formula is C20H30N4. The van der Waals surface area contributed by atoms with Crippen LogP contribution in [0.5, 0.6) is 0 Å². The lowest BCUT2D eigenvalue weighted by Crippen LogP contribution is -2.43. The molecule has 3 unspecified atom stereocenters. The zero-order chi connectivity index (χ0) is 16.4. The average Bonchev–Trinajstić information content (AvgIpc) is 3.02. The van der Waals surface area contributed by atoms with Crippen LogP contribution in [0.3, 0.4) is 0 Å². The summed E-state index contributed by atoms with van der Waals surface area (Å²) in [7, 11) is 1.92. The fourth-order valence-corrected chi connectivity index (χ4v) is 4.48. The van der Waals surface area contributed by atoms with Crippen molar-refractivity contribution < 1.29 is 0 Å². The summed E-state index contributed by atoms with van der Waals surface area (Å²) in [6, 6.07) is 11.7. The first-order valence-electron chi connectivity index (χ1n) is 9.60. The van der Waals surface area contributed by atoms with Gasteiger partial charge in [0.05, 0.1) is 0 Å². The molecule has 1 saturated carbocycles. The summed E-state index contributed by atoms with van der Waals surface area (Å²) in [6.45, 7) is 5.94. The zero-order valence-corrected chi connectivity index (χ0v) is 14.8. The van der Waals surface area contributed by atoms with Crippen LogP contribution in [0.4, 0.5) is 0 Å². The quantitative estimate of drug-likeness (QED) is 0.681. The van der Waals surface area contributed by atoms with E-state index in [4.69, 9.17) is 0 Å². The molecule has 2 heterocycles. The summed E-state index contributed by atoms with van der Waals surface area (Å²) in [6.07, 6.45) is 5.36. The minimum atomic E-state index is 0.740. The van der Waals surface area contributed by atoms with Crippen molar-refractivity contribution in [1.29, 1.82) is 0 Å². The van der Waals surface area contributed by atoms with Crippen molar-refractivity contribution in [2.75, 3.05) is 39.8 Å². The first kappa shape index (κ1) is 15.9. The highest BCUT2D eigenvalue weighted by Gasteiger charge is 2.38. The van der Waals surface area contributed by atoms with E-state index in [9.17, 15) is 0 Å². The van der Waals surface area contributed by atoms with Gasteiger partial charge in [0.25, 0.3) is 0 Å². The first-order valence-corrected chi connectivity index (χ1v) is 9.60. The predicted octanol–water partition coefficient (Wildman–Crippen LogP) is 2.54. The first-order chi connectivity index (χ1) is 11.8. The Morgan fingerprint density at radius 1 is 1.17 bits per heavy atom. The van der Waals surface area contributed by atoms with Gasteiger partial charge in [0.2, 0.25) is 0 Å². The standard InChI is InChI=1S/C20H30N4/c1-21-20(24-12-9-18(15-24)23-10-5-6-11-23)22-14-17-13-19(17)16-7-3-2-4-8-16/h2-4,7-8,17-19H,5-6,9-15H2,1H3,(H,21,22). The Morgan fingerprint density at radius 3 is 2.71 bits per heavy atom. The van der Waals surface area contributed by atoms with Crippen molar-refractivity contribution in [3.63, 3.8) is 0 Å². The smallest absolute Gasteiger partial charge is 0.193 e. The van der Waals surface area contributed by atoms with E-state index in [1.54, 1.807) is 0 Å². The van der Waals surface area contributed by atoms with E-state index in [0.717, 1.165) is 43.5 Å². The van der Waals surface area contributed by atoms with Gasteiger partial charge in [-0.1, -0.05) is 30.3 Å². The Kier molecular flexibility index (Phi) is 4.74. The molecule has 0 radical (unpaired) electrons. The van der Waals surface area contributed by atoms with Gasteiger partial charge in [0.15, 0.2) is 5.96 Å². The molecule has 4 nitrogen and oxygen atoms in total. The molecule has 3 atom stereocenters. The van der Waals surface area contributed by atoms with Crippen LogP contribution >= 0.6 is 0 Å². The largest absolute Gasteiger partial charge is 0.356 e. The van der Waals surface area contributed by atoms with Crippen LogP contribution in [0.2, 0.25) is 0 Å². The van der Waals surface area contributed by atoms with Crippen molar-refractivity contribution in [3.8, 4) is 0 Å². The van der Waals surface area contributed by atoms with E-state index < -0.39 is 0 Å². The van der Waals surface area contributed by atoms with Gasteiger partial charge in [-0.05, 0) is 56.2 Å². The van der Waals surface area contributed by atoms with Crippen LogP contribution < -0.4 is 5.32 Å². The van der Waals surface area contributed by atoms with Gasteiger partial charge in [-0.15, -0.1) is 0 Å². The monoisotopic (exact) mass is 326 g/mol. The molecule has 3 aliphatic rings. The predicted molar refractivity (Wildman–Crippen MR) is 99.4 cm³/mol. The molecule has 4 rings (SSSR count). The molecule has 0 amide bonds. The second-order valence-corrected chi connectivity index (χ2v) is 7.57. The fraction of sp³-hybridized carbons (Fsp3) is 0.650. The van der Waals surface area contributed by atoms with E-state index in [2.05, 4.69) is 50.4 Å². The molecule has 2 aliphatic heterocycles. The molecular weight excluding hydrogens is 296 g/mol. The van der Waals surface area contributed by atoms with Gasteiger partial charge in [0, 0.05) is 32.7 Å². The van der Waals surface area contributed by atoms with Gasteiger partial charge in [-0.25, -0.2) is 0 Å². The van der Waals surface area contributed by atoms with Crippen LogP contribution in [0.15, 0.2) is 35.3 Å². The lowest BCUT2D eigenvalue weighted by Gasteiger charge is -2.25. The molecule has 24 heavy (non-hydrogen) atoms. The fourth-order valence-electron chi connectivity index (χ4n) is 4.48. The molecule has 2 saturated heterocycles. The average molecular weight is 326 g/mol. The molecule has 1 N–H and O–H groups in total. The maximum Gasteiger partial charge on any atom is 0.193 e. The Morgan fingerprint density at radius 2 is 1.96 bits per heavy atom. The number of benzene rings is 1. The van der Waals surface area contributed by atoms with Crippen LogP contribution in [0.25, 0.3) is 0 Å². The van der Waals surface area contributed by atoms with Gasteiger partial charge in [-0.2, -0.15) is 0 Å². The molecule has 4 heteroatoms. The van der Waals surface area contributed by atoms with Crippen LogP contribution in [-0.2, 0) is 0 Å². The van der Waals surface area contributed by atoms with E-state index >= 15 is 0 Å². The topological polar surface area (TPSA) is 30.9 Å². The summed E-state index contributed by atoms with van der Waals surface area (Å²) in [5, 5.41) is 3.64. The third-order valence-electron chi connectivity index (χ3n) is 6.00. The van der Waals surface area contributed by atoms with Crippen molar-refractivity contribution >= 4 is 5.96 Å². The molecule has 130 valence electrons. The lowest BCUT2D eigenvalue weighted by atomic mass is 10.1. The number of hydrogen-bond donors (Lipinski definition) is 1. The van der Waals surface area contributed by atoms with Crippen molar-refractivity contribution in [2.24, 2.45) is 10.9 Å². The van der Waals surface area contributed by atoms with Gasteiger partial charge >= 0.3 is 0 Å². The molecule has 0 bridgehead atoms. The second kappa shape index (κ2) is 7.14. The van der Waals surface area contributed by atoms with Crippen molar-refractivity contribution in [3.05, 3.63) is 35.9 Å². The van der Waals surface area contributed by atoms with Gasteiger partial charge < -0.3 is 10.2 Å². The molecule has 1 aliphatic carbocycles. The molecule has 0 spiro atoms. The van der Waals surface area contributed by atoms with Crippen LogP contribution in [-0.4, -0.2) is 61.6 Å². The summed E-state index contributed by atoms with van der Waals surface area (Å²) in [4.78, 5) is 9.68.